The molecule has 1 rings (SSSR count). The van der Waals surface area contributed by atoms with Crippen LogP contribution < -0.4 is 22.3 Å². The Bertz CT molecular complexity index is 126. The maximum Gasteiger partial charge on any atom is 0.224 e. The van der Waals surface area contributed by atoms with Gasteiger partial charge in [0.25, 0.3) is 0 Å². The monoisotopic (exact) mass is 130 g/mol. The highest BCUT2D eigenvalue weighted by atomic mass is 16.1. The third kappa shape index (κ3) is 1.18. The lowest BCUT2D eigenvalue weighted by Gasteiger charge is -2.07. The molecule has 6 N–H and O–H groups in total. The summed E-state index contributed by atoms with van der Waals surface area (Å²) in [6.07, 6.45) is -0.331. The van der Waals surface area contributed by atoms with Crippen molar-refractivity contribution in [1.82, 2.24) is 10.9 Å². The van der Waals surface area contributed by atoms with Crippen LogP contribution in [0.15, 0.2) is 0 Å². The molecule has 1 heterocycles. The maximum atomic E-state index is 10.5. The Morgan fingerprint density at radius 1 is 1.67 bits per heavy atom. The largest absolute Gasteiger partial charge is 0.369 e. The van der Waals surface area contributed by atoms with Gasteiger partial charge in [-0.15, -0.1) is 0 Å². The number of amides is 1. The van der Waals surface area contributed by atoms with E-state index in [0.717, 1.165) is 0 Å². The molecule has 1 saturated heterocycles. The minimum absolute atomic E-state index is 0.273. The lowest BCUT2D eigenvalue weighted by molar-refractivity contribution is -0.121. The Hall–Kier alpha value is -0.650. The van der Waals surface area contributed by atoms with Gasteiger partial charge in [0.2, 0.25) is 5.91 Å². The van der Waals surface area contributed by atoms with Crippen LogP contribution in [-0.4, -0.2) is 18.6 Å². The fourth-order valence-electron chi connectivity index (χ4n) is 0.792. The van der Waals surface area contributed by atoms with Crippen molar-refractivity contribution in [2.75, 3.05) is 6.54 Å². The van der Waals surface area contributed by atoms with Gasteiger partial charge in [-0.2, -0.15) is 0 Å². The van der Waals surface area contributed by atoms with Crippen molar-refractivity contribution >= 4 is 5.91 Å². The smallest absolute Gasteiger partial charge is 0.224 e. The Balaban J connectivity index is 2.49. The number of hydrogen-bond donors (Lipinski definition) is 4. The van der Waals surface area contributed by atoms with E-state index in [1.807, 2.05) is 0 Å². The lowest BCUT2D eigenvalue weighted by Crippen LogP contribution is -2.43. The van der Waals surface area contributed by atoms with E-state index < -0.39 is 0 Å². The number of carbonyl (C=O) groups excluding carboxylic acids is 1. The van der Waals surface area contributed by atoms with Crippen molar-refractivity contribution in [2.45, 2.75) is 6.17 Å². The van der Waals surface area contributed by atoms with Gasteiger partial charge in [-0.25, -0.2) is 5.43 Å². The van der Waals surface area contributed by atoms with E-state index in [4.69, 9.17) is 11.5 Å². The molecule has 0 spiro atoms. The highest BCUT2D eigenvalue weighted by Crippen LogP contribution is 1.99. The summed E-state index contributed by atoms with van der Waals surface area (Å²) < 4.78 is 0. The summed E-state index contributed by atoms with van der Waals surface area (Å²) in [4.78, 5) is 10.5. The molecule has 1 fully saturated rings. The van der Waals surface area contributed by atoms with Crippen molar-refractivity contribution in [2.24, 2.45) is 17.4 Å². The van der Waals surface area contributed by atoms with E-state index in [1.165, 1.54) is 0 Å². The number of carbonyl (C=O) groups is 1. The maximum absolute atomic E-state index is 10.5. The summed E-state index contributed by atoms with van der Waals surface area (Å²) in [5.74, 6) is -0.634. The molecule has 1 aliphatic rings. The molecule has 2 unspecified atom stereocenters. The molecule has 9 heavy (non-hydrogen) atoms. The molecule has 0 aromatic carbocycles. The van der Waals surface area contributed by atoms with Crippen molar-refractivity contribution in [3.8, 4) is 0 Å². The Kier molecular flexibility index (Phi) is 1.65. The van der Waals surface area contributed by atoms with Gasteiger partial charge in [0.05, 0.1) is 12.1 Å². The number of rotatable bonds is 1. The van der Waals surface area contributed by atoms with Crippen molar-refractivity contribution in [3.05, 3.63) is 0 Å². The molecular weight excluding hydrogens is 120 g/mol. The molecule has 52 valence electrons. The average Bonchev–Trinajstić information content (AvgIpc) is 2.13. The highest BCUT2D eigenvalue weighted by Gasteiger charge is 2.27. The number of primary amides is 1. The normalized spacial score (nSPS) is 34.8. The molecule has 0 aliphatic carbocycles. The van der Waals surface area contributed by atoms with Crippen molar-refractivity contribution in [3.63, 3.8) is 0 Å². The number of hydrazine groups is 1. The van der Waals surface area contributed by atoms with E-state index in [2.05, 4.69) is 10.9 Å². The Labute approximate surface area is 52.7 Å². The van der Waals surface area contributed by atoms with Gasteiger partial charge in [0.15, 0.2) is 0 Å². The fraction of sp³-hybridized carbons (Fsp3) is 0.750. The quantitative estimate of drug-likeness (QED) is 0.315. The molecule has 5 nitrogen and oxygen atoms in total. The van der Waals surface area contributed by atoms with Crippen LogP contribution in [0, 0.1) is 5.92 Å². The molecule has 0 aromatic rings. The number of hydrogen-bond acceptors (Lipinski definition) is 4. The third-order valence-corrected chi connectivity index (χ3v) is 1.39. The Morgan fingerprint density at radius 3 is 2.56 bits per heavy atom. The summed E-state index contributed by atoms with van der Waals surface area (Å²) in [5.41, 5.74) is 15.8. The predicted molar refractivity (Wildman–Crippen MR) is 31.8 cm³/mol. The SMILES string of the molecule is NC(=O)C1CNNC1N. The second-order valence-electron chi connectivity index (χ2n) is 2.06. The van der Waals surface area contributed by atoms with Crippen LogP contribution in [0.1, 0.15) is 0 Å². The van der Waals surface area contributed by atoms with Crippen molar-refractivity contribution < 1.29 is 4.79 Å². The fourth-order valence-corrected chi connectivity index (χ4v) is 0.792. The first kappa shape index (κ1) is 6.47. The van der Waals surface area contributed by atoms with E-state index in [-0.39, 0.29) is 18.0 Å². The van der Waals surface area contributed by atoms with Gasteiger partial charge >= 0.3 is 0 Å². The van der Waals surface area contributed by atoms with Crippen molar-refractivity contribution in [1.29, 1.82) is 0 Å². The molecular formula is C4H10N4O. The molecule has 0 bridgehead atoms. The second-order valence-corrected chi connectivity index (χ2v) is 2.06. The van der Waals surface area contributed by atoms with Crippen LogP contribution >= 0.6 is 0 Å². The predicted octanol–water partition coefficient (Wildman–Crippen LogP) is -2.52. The van der Waals surface area contributed by atoms with Gasteiger partial charge in [0.1, 0.15) is 0 Å². The zero-order valence-electron chi connectivity index (χ0n) is 4.92. The lowest BCUT2D eigenvalue weighted by atomic mass is 10.1. The minimum atomic E-state index is -0.361. The minimum Gasteiger partial charge on any atom is -0.369 e. The number of nitrogens with one attached hydrogen (secondary N) is 2. The van der Waals surface area contributed by atoms with Crippen LogP contribution in [0.3, 0.4) is 0 Å². The molecule has 2 atom stereocenters. The zero-order valence-corrected chi connectivity index (χ0v) is 4.92. The molecule has 0 aromatic heterocycles. The summed E-state index contributed by atoms with van der Waals surface area (Å²) in [5, 5.41) is 0. The van der Waals surface area contributed by atoms with Crippen LogP contribution in [0.25, 0.3) is 0 Å². The first-order valence-corrected chi connectivity index (χ1v) is 2.75. The van der Waals surface area contributed by atoms with Crippen LogP contribution in [0.5, 0.6) is 0 Å². The molecule has 0 radical (unpaired) electrons. The van der Waals surface area contributed by atoms with Crippen LogP contribution in [0.4, 0.5) is 0 Å². The van der Waals surface area contributed by atoms with E-state index >= 15 is 0 Å². The van der Waals surface area contributed by atoms with Gasteiger partial charge in [0, 0.05) is 6.54 Å². The summed E-state index contributed by atoms with van der Waals surface area (Å²) in [7, 11) is 0. The summed E-state index contributed by atoms with van der Waals surface area (Å²) in [6.45, 7) is 0.524. The van der Waals surface area contributed by atoms with Gasteiger partial charge in [-0.3, -0.25) is 10.2 Å². The first-order chi connectivity index (χ1) is 4.22. The van der Waals surface area contributed by atoms with E-state index in [9.17, 15) is 4.79 Å². The van der Waals surface area contributed by atoms with Gasteiger partial charge < -0.3 is 11.5 Å². The molecule has 0 saturated carbocycles. The van der Waals surface area contributed by atoms with E-state index in [0.29, 0.717) is 6.54 Å². The summed E-state index contributed by atoms with van der Waals surface area (Å²) >= 11 is 0. The van der Waals surface area contributed by atoms with E-state index in [1.54, 1.807) is 0 Å². The molecule has 5 heteroatoms. The standard InChI is InChI=1S/C4H10N4O/c5-3-2(4(6)9)1-7-8-3/h2-3,7-8H,1,5H2,(H2,6,9). The molecule has 1 amide bonds. The first-order valence-electron chi connectivity index (χ1n) is 2.75. The second kappa shape index (κ2) is 2.30. The van der Waals surface area contributed by atoms with Crippen LogP contribution in [0.2, 0.25) is 0 Å². The topological polar surface area (TPSA) is 93.2 Å². The molecule has 1 aliphatic heterocycles. The van der Waals surface area contributed by atoms with Gasteiger partial charge in [-0.05, 0) is 0 Å². The Morgan fingerprint density at radius 2 is 2.33 bits per heavy atom. The highest BCUT2D eigenvalue weighted by molar-refractivity contribution is 5.77. The van der Waals surface area contributed by atoms with Gasteiger partial charge in [-0.1, -0.05) is 0 Å². The average molecular weight is 130 g/mol. The van der Waals surface area contributed by atoms with Crippen LogP contribution in [-0.2, 0) is 4.79 Å². The third-order valence-electron chi connectivity index (χ3n) is 1.39. The number of nitrogens with two attached hydrogens (primary N) is 2. The zero-order chi connectivity index (χ0) is 6.85. The summed E-state index contributed by atoms with van der Waals surface area (Å²) in [6, 6.07) is 0.